The number of anilines is 1. The number of rotatable bonds is 1. The molecule has 0 bridgehead atoms. The van der Waals surface area contributed by atoms with E-state index in [2.05, 4.69) is 4.98 Å². The van der Waals surface area contributed by atoms with Crippen LogP contribution in [0.1, 0.15) is 0 Å². The minimum atomic E-state index is 0.661. The quantitative estimate of drug-likeness (QED) is 0.682. The number of hydrogen-bond donors (Lipinski definition) is 1. The molecule has 2 rings (SSSR count). The molecule has 0 amide bonds. The van der Waals surface area contributed by atoms with Crippen molar-refractivity contribution in [3.05, 3.63) is 17.6 Å². The van der Waals surface area contributed by atoms with Crippen molar-refractivity contribution >= 4 is 27.2 Å². The third-order valence-electron chi connectivity index (χ3n) is 1.69. The van der Waals surface area contributed by atoms with Crippen LogP contribution >= 0.6 is 11.3 Å². The van der Waals surface area contributed by atoms with Gasteiger partial charge < -0.3 is 10.5 Å². The van der Waals surface area contributed by atoms with Crippen LogP contribution < -0.4 is 10.5 Å². The lowest BCUT2D eigenvalue weighted by Gasteiger charge is -2.03. The van der Waals surface area contributed by atoms with E-state index in [0.717, 1.165) is 16.0 Å². The molecule has 1 aromatic carbocycles. The Morgan fingerprint density at radius 3 is 3.08 bits per heavy atom. The average Bonchev–Trinajstić information content (AvgIpc) is 2.52. The molecular formula is C8H8N2OS. The fourth-order valence-corrected chi connectivity index (χ4v) is 1.95. The zero-order chi connectivity index (χ0) is 8.55. The number of nitrogens with two attached hydrogens (primary N) is 1. The van der Waals surface area contributed by atoms with Gasteiger partial charge in [0.2, 0.25) is 0 Å². The lowest BCUT2D eigenvalue weighted by molar-refractivity contribution is 0.422. The van der Waals surface area contributed by atoms with E-state index in [-0.39, 0.29) is 0 Å². The van der Waals surface area contributed by atoms with E-state index < -0.39 is 0 Å². The monoisotopic (exact) mass is 180 g/mol. The second kappa shape index (κ2) is 2.64. The van der Waals surface area contributed by atoms with E-state index >= 15 is 0 Å². The Labute approximate surface area is 73.8 Å². The van der Waals surface area contributed by atoms with Crippen molar-refractivity contribution in [3.63, 3.8) is 0 Å². The zero-order valence-corrected chi connectivity index (χ0v) is 7.39. The first-order valence-electron chi connectivity index (χ1n) is 3.48. The number of benzene rings is 1. The van der Waals surface area contributed by atoms with Crippen molar-refractivity contribution in [1.82, 2.24) is 4.98 Å². The highest BCUT2D eigenvalue weighted by Gasteiger charge is 2.06. The van der Waals surface area contributed by atoms with Crippen LogP contribution in [0.2, 0.25) is 0 Å². The molecule has 0 atom stereocenters. The third kappa shape index (κ3) is 0.921. The van der Waals surface area contributed by atoms with Crippen molar-refractivity contribution < 1.29 is 4.74 Å². The van der Waals surface area contributed by atoms with E-state index in [4.69, 9.17) is 10.5 Å². The normalized spacial score (nSPS) is 10.4. The Kier molecular flexibility index (Phi) is 1.62. The minimum absolute atomic E-state index is 0.661. The highest BCUT2D eigenvalue weighted by Crippen LogP contribution is 2.33. The molecule has 3 nitrogen and oxygen atoms in total. The molecule has 2 N–H and O–H groups in total. The van der Waals surface area contributed by atoms with Gasteiger partial charge in [-0.05, 0) is 12.1 Å². The van der Waals surface area contributed by atoms with Gasteiger partial charge in [0.05, 0.1) is 28.5 Å². The summed E-state index contributed by atoms with van der Waals surface area (Å²) in [5.74, 6) is 0.731. The number of thiazole rings is 1. The molecule has 0 fully saturated rings. The molecule has 1 aromatic heterocycles. The summed E-state index contributed by atoms with van der Waals surface area (Å²) in [4.78, 5) is 4.15. The van der Waals surface area contributed by atoms with Crippen LogP contribution in [0.3, 0.4) is 0 Å². The average molecular weight is 180 g/mol. The van der Waals surface area contributed by atoms with Gasteiger partial charge in [0.1, 0.15) is 0 Å². The molecule has 4 heteroatoms. The first kappa shape index (κ1) is 7.36. The summed E-state index contributed by atoms with van der Waals surface area (Å²) >= 11 is 1.54. The zero-order valence-electron chi connectivity index (χ0n) is 6.57. The summed E-state index contributed by atoms with van der Waals surface area (Å²) in [6.45, 7) is 0. The number of aromatic nitrogens is 1. The Morgan fingerprint density at radius 1 is 1.50 bits per heavy atom. The maximum absolute atomic E-state index is 5.71. The fourth-order valence-electron chi connectivity index (χ4n) is 1.13. The Morgan fingerprint density at radius 2 is 2.33 bits per heavy atom. The van der Waals surface area contributed by atoms with Crippen LogP contribution in [0.15, 0.2) is 17.6 Å². The summed E-state index contributed by atoms with van der Waals surface area (Å²) < 4.78 is 6.17. The second-order valence-corrected chi connectivity index (χ2v) is 3.24. The van der Waals surface area contributed by atoms with Gasteiger partial charge in [-0.25, -0.2) is 4.98 Å². The molecule has 0 radical (unpaired) electrons. The van der Waals surface area contributed by atoms with Gasteiger partial charge in [0.25, 0.3) is 0 Å². The molecule has 0 saturated heterocycles. The predicted octanol–water partition coefficient (Wildman–Crippen LogP) is 1.89. The van der Waals surface area contributed by atoms with Gasteiger partial charge in [-0.3, -0.25) is 0 Å². The molecule has 0 unspecified atom stereocenters. The molecule has 2 aromatic rings. The fraction of sp³-hybridized carbons (Fsp3) is 0.125. The van der Waals surface area contributed by atoms with Crippen LogP contribution in [-0.2, 0) is 0 Å². The third-order valence-corrected chi connectivity index (χ3v) is 2.53. The molecule has 0 saturated carbocycles. The number of nitrogens with zero attached hydrogens (tertiary/aromatic N) is 1. The summed E-state index contributed by atoms with van der Waals surface area (Å²) in [6, 6.07) is 3.70. The van der Waals surface area contributed by atoms with Crippen molar-refractivity contribution in [2.24, 2.45) is 0 Å². The molecule has 1 heterocycles. The van der Waals surface area contributed by atoms with Crippen LogP contribution in [0.25, 0.3) is 10.2 Å². The first-order chi connectivity index (χ1) is 5.83. The predicted molar refractivity (Wildman–Crippen MR) is 50.6 cm³/mol. The van der Waals surface area contributed by atoms with Crippen molar-refractivity contribution in [3.8, 4) is 5.75 Å². The molecule has 0 aliphatic carbocycles. The van der Waals surface area contributed by atoms with Crippen LogP contribution in [0.4, 0.5) is 5.69 Å². The topological polar surface area (TPSA) is 48.1 Å². The van der Waals surface area contributed by atoms with E-state index in [0.29, 0.717) is 5.69 Å². The van der Waals surface area contributed by atoms with Gasteiger partial charge in [0, 0.05) is 0 Å². The molecule has 0 aliphatic heterocycles. The lowest BCUT2D eigenvalue weighted by Crippen LogP contribution is -1.91. The van der Waals surface area contributed by atoms with Gasteiger partial charge in [-0.15, -0.1) is 11.3 Å². The molecule has 0 aliphatic rings. The van der Waals surface area contributed by atoms with Gasteiger partial charge in [-0.2, -0.15) is 0 Å². The number of hydrogen-bond acceptors (Lipinski definition) is 4. The van der Waals surface area contributed by atoms with Crippen LogP contribution in [0, 0.1) is 0 Å². The van der Waals surface area contributed by atoms with Crippen molar-refractivity contribution in [2.75, 3.05) is 12.8 Å². The standard InChI is InChI=1S/C8H8N2OS/c1-11-7-5(9)2-3-6-8(7)12-4-10-6/h2-4H,9H2,1H3. The van der Waals surface area contributed by atoms with Crippen LogP contribution in [0.5, 0.6) is 5.75 Å². The highest BCUT2D eigenvalue weighted by molar-refractivity contribution is 7.17. The first-order valence-corrected chi connectivity index (χ1v) is 4.36. The molecule has 12 heavy (non-hydrogen) atoms. The number of methoxy groups -OCH3 is 1. The van der Waals surface area contributed by atoms with E-state index in [1.807, 2.05) is 6.07 Å². The lowest BCUT2D eigenvalue weighted by atomic mass is 10.3. The molecule has 0 spiro atoms. The maximum Gasteiger partial charge on any atom is 0.161 e. The molecular weight excluding hydrogens is 172 g/mol. The summed E-state index contributed by atoms with van der Waals surface area (Å²) in [5.41, 5.74) is 9.09. The summed E-state index contributed by atoms with van der Waals surface area (Å²) in [5, 5.41) is 0. The van der Waals surface area contributed by atoms with Crippen molar-refractivity contribution in [1.29, 1.82) is 0 Å². The summed E-state index contributed by atoms with van der Waals surface area (Å²) in [6.07, 6.45) is 0. The molecule has 62 valence electrons. The maximum atomic E-state index is 5.71. The summed E-state index contributed by atoms with van der Waals surface area (Å²) in [7, 11) is 1.62. The van der Waals surface area contributed by atoms with Gasteiger partial charge >= 0.3 is 0 Å². The SMILES string of the molecule is COc1c(N)ccc2ncsc12. The smallest absolute Gasteiger partial charge is 0.161 e. The van der Waals surface area contributed by atoms with Gasteiger partial charge in [0.15, 0.2) is 5.75 Å². The Bertz CT molecular complexity index is 410. The Hall–Kier alpha value is -1.29. The highest BCUT2D eigenvalue weighted by atomic mass is 32.1. The van der Waals surface area contributed by atoms with E-state index in [1.165, 1.54) is 11.3 Å². The number of ether oxygens (including phenoxy) is 1. The van der Waals surface area contributed by atoms with Crippen LogP contribution in [-0.4, -0.2) is 12.1 Å². The number of nitrogen functional groups attached to an aromatic ring is 1. The minimum Gasteiger partial charge on any atom is -0.493 e. The van der Waals surface area contributed by atoms with Crippen molar-refractivity contribution in [2.45, 2.75) is 0 Å². The van der Waals surface area contributed by atoms with E-state index in [9.17, 15) is 0 Å². The van der Waals surface area contributed by atoms with E-state index in [1.54, 1.807) is 18.7 Å². The largest absolute Gasteiger partial charge is 0.493 e. The second-order valence-electron chi connectivity index (χ2n) is 2.39. The van der Waals surface area contributed by atoms with Gasteiger partial charge in [-0.1, -0.05) is 0 Å². The Balaban J connectivity index is 2.83. The number of fused-ring (bicyclic) bond motifs is 1.